The average Bonchev–Trinajstić information content (AvgIpc) is 3.36. The van der Waals surface area contributed by atoms with Crippen LogP contribution in [0.4, 0.5) is 34.1 Å². The third-order valence-electron chi connectivity index (χ3n) is 11.3. The van der Waals surface area contributed by atoms with Gasteiger partial charge in [0.05, 0.1) is 78.2 Å². The maximum absolute atomic E-state index is 11.8. The number of anilines is 6. The summed E-state index contributed by atoms with van der Waals surface area (Å²) in [5.74, 6) is -0.985. The van der Waals surface area contributed by atoms with E-state index >= 15 is 0 Å². The second kappa shape index (κ2) is 25.3. The minimum atomic E-state index is -0.492. The number of carbonyl (C=O) groups excluding carboxylic acids is 2. The molecule has 70 heavy (non-hydrogen) atoms. The Morgan fingerprint density at radius 1 is 0.414 bits per heavy atom. The van der Waals surface area contributed by atoms with Crippen LogP contribution in [0.15, 0.2) is 182 Å². The van der Waals surface area contributed by atoms with E-state index in [1.54, 1.807) is 0 Å². The van der Waals surface area contributed by atoms with Gasteiger partial charge in [-0.1, -0.05) is 98.1 Å². The van der Waals surface area contributed by atoms with Gasteiger partial charge in [0.1, 0.15) is 0 Å². The third-order valence-corrected chi connectivity index (χ3v) is 11.3. The molecule has 0 aromatic heterocycles. The average molecular weight is 941 g/mol. The van der Waals surface area contributed by atoms with E-state index in [2.05, 4.69) is 159 Å². The lowest BCUT2D eigenvalue weighted by molar-refractivity contribution is -0.137. The minimum Gasteiger partial charge on any atom is -0.466 e. The van der Waals surface area contributed by atoms with Crippen molar-refractivity contribution in [3.8, 4) is 11.1 Å². The Hall–Kier alpha value is -7.34. The summed E-state index contributed by atoms with van der Waals surface area (Å²) in [6.07, 6.45) is 0. The smallest absolute Gasteiger partial charge is 0.335 e. The zero-order valence-electron chi connectivity index (χ0n) is 41.3. The van der Waals surface area contributed by atoms with Crippen LogP contribution in [-0.2, 0) is 64.4 Å². The van der Waals surface area contributed by atoms with Crippen LogP contribution in [0.2, 0.25) is 0 Å². The van der Waals surface area contributed by atoms with Crippen molar-refractivity contribution in [2.24, 2.45) is 0 Å². The molecule has 0 saturated carbocycles. The molecule has 0 fully saturated rings. The molecule has 0 saturated heterocycles. The second-order valence-corrected chi connectivity index (χ2v) is 17.4. The third kappa shape index (κ3) is 14.4. The molecule has 6 aromatic carbocycles. The van der Waals surface area contributed by atoms with E-state index in [-0.39, 0.29) is 24.4 Å². The fourth-order valence-corrected chi connectivity index (χ4v) is 7.67. The Morgan fingerprint density at radius 3 is 0.929 bits per heavy atom. The summed E-state index contributed by atoms with van der Waals surface area (Å²) in [7, 11) is 2.64. The molecule has 362 valence electrons. The van der Waals surface area contributed by atoms with Crippen molar-refractivity contribution in [1.29, 1.82) is 0 Å². The van der Waals surface area contributed by atoms with E-state index in [1.165, 1.54) is 14.2 Å². The van der Waals surface area contributed by atoms with Crippen LogP contribution in [0.1, 0.15) is 47.2 Å². The van der Waals surface area contributed by atoms with Crippen molar-refractivity contribution < 1.29 is 38.0 Å². The van der Waals surface area contributed by atoms with Crippen LogP contribution in [-0.4, -0.2) is 52.6 Å². The van der Waals surface area contributed by atoms with Gasteiger partial charge in [0, 0.05) is 34.1 Å². The van der Waals surface area contributed by atoms with Crippen LogP contribution < -0.4 is 9.80 Å². The molecule has 0 radical (unpaired) electrons. The Kier molecular flexibility index (Phi) is 18.8. The number of carbonyl (C=O) groups is 2. The molecule has 0 N–H and O–H groups in total. The second-order valence-electron chi connectivity index (χ2n) is 17.4. The van der Waals surface area contributed by atoms with E-state index in [4.69, 9.17) is 28.4 Å². The van der Waals surface area contributed by atoms with Gasteiger partial charge in [0.25, 0.3) is 0 Å². The monoisotopic (exact) mass is 940 g/mol. The van der Waals surface area contributed by atoms with Gasteiger partial charge in [-0.15, -0.1) is 0 Å². The number of ether oxygens (including phenoxy) is 6. The van der Waals surface area contributed by atoms with Crippen LogP contribution >= 0.6 is 0 Å². The first-order valence-electron chi connectivity index (χ1n) is 23.0. The first kappa shape index (κ1) is 52.0. The van der Waals surface area contributed by atoms with Gasteiger partial charge in [0.15, 0.2) is 0 Å². The van der Waals surface area contributed by atoms with Gasteiger partial charge in [-0.05, 0) is 145 Å². The summed E-state index contributed by atoms with van der Waals surface area (Å²) in [4.78, 5) is 28.1. The molecular formula is C60H64N2O8. The van der Waals surface area contributed by atoms with Crippen molar-refractivity contribution in [3.05, 3.63) is 215 Å². The molecule has 0 spiro atoms. The standard InChI is InChI=1S/C60H64N2O8/c1-41(2)33-67-37-47-11-21-53(22-12-47)61(54-23-13-48(14-24-54)38-68-34-42(3)4)57-29-19-51(31-43(57)5)52-20-30-58(44(6)32-52)62(55-25-15-49(16-26-55)39-69-35-45(7)59(63)65-9)56-27-17-50(18-28-56)40-70-36-46(8)60(64)66-10/h11-32H,1,3,7-8,33-40H2,2,4-6,9-10H3. The van der Waals surface area contributed by atoms with Gasteiger partial charge >= 0.3 is 11.9 Å². The van der Waals surface area contributed by atoms with Gasteiger partial charge in [-0.2, -0.15) is 0 Å². The molecule has 0 aliphatic carbocycles. The first-order chi connectivity index (χ1) is 33.7. The zero-order valence-corrected chi connectivity index (χ0v) is 41.3. The molecule has 10 heteroatoms. The highest BCUT2D eigenvalue weighted by Crippen LogP contribution is 2.41. The summed E-state index contributed by atoms with van der Waals surface area (Å²) in [5.41, 5.74) is 16.9. The maximum Gasteiger partial charge on any atom is 0.335 e. The van der Waals surface area contributed by atoms with E-state index in [9.17, 15) is 9.59 Å². The van der Waals surface area contributed by atoms with Crippen molar-refractivity contribution >= 4 is 46.1 Å². The van der Waals surface area contributed by atoms with Gasteiger partial charge in [-0.3, -0.25) is 0 Å². The van der Waals surface area contributed by atoms with E-state index in [1.807, 2.05) is 38.1 Å². The molecule has 0 unspecified atom stereocenters. The predicted molar refractivity (Wildman–Crippen MR) is 281 cm³/mol. The molecule has 0 atom stereocenters. The topological polar surface area (TPSA) is 96.0 Å². The Balaban J connectivity index is 1.29. The molecule has 0 bridgehead atoms. The summed E-state index contributed by atoms with van der Waals surface area (Å²) >= 11 is 0. The highest BCUT2D eigenvalue weighted by Gasteiger charge is 2.19. The van der Waals surface area contributed by atoms with Crippen molar-refractivity contribution in [3.63, 3.8) is 0 Å². The van der Waals surface area contributed by atoms with E-state index in [0.717, 1.165) is 89.8 Å². The first-order valence-corrected chi connectivity index (χ1v) is 23.0. The van der Waals surface area contributed by atoms with Crippen LogP contribution in [0, 0.1) is 13.8 Å². The minimum absolute atomic E-state index is 0.0704. The molecule has 0 heterocycles. The van der Waals surface area contributed by atoms with E-state index in [0.29, 0.717) is 39.6 Å². The summed E-state index contributed by atoms with van der Waals surface area (Å²) in [6.45, 7) is 26.4. The molecule has 0 amide bonds. The Labute approximate surface area is 413 Å². The number of esters is 2. The van der Waals surface area contributed by atoms with Gasteiger partial charge < -0.3 is 38.2 Å². The Bertz CT molecular complexity index is 2640. The summed E-state index contributed by atoms with van der Waals surface area (Å²) < 4.78 is 32.7. The molecule has 6 aromatic rings. The molecule has 0 aliphatic heterocycles. The SMILES string of the molecule is C=C(C)COCc1ccc(N(c2ccc(COCC(=C)C)cc2)c2ccc(-c3ccc(N(c4ccc(COCC(=C)C(=O)OC)cc4)c4ccc(COCC(=C)C(=O)OC)cc4)c(C)c3)cc2C)cc1. The molecule has 6 rings (SSSR count). The zero-order chi connectivity index (χ0) is 50.2. The number of benzene rings is 6. The lowest BCUT2D eigenvalue weighted by Crippen LogP contribution is -2.12. The number of nitrogens with zero attached hydrogens (tertiary/aromatic N) is 2. The highest BCUT2D eigenvalue weighted by molar-refractivity contribution is 5.88. The highest BCUT2D eigenvalue weighted by atomic mass is 16.5. The van der Waals surface area contributed by atoms with Crippen molar-refractivity contribution in [1.82, 2.24) is 0 Å². The normalized spacial score (nSPS) is 10.9. The van der Waals surface area contributed by atoms with Crippen LogP contribution in [0.5, 0.6) is 0 Å². The van der Waals surface area contributed by atoms with Gasteiger partial charge in [0.2, 0.25) is 0 Å². The lowest BCUT2D eigenvalue weighted by atomic mass is 9.98. The molecule has 10 nitrogen and oxygen atoms in total. The number of rotatable bonds is 25. The van der Waals surface area contributed by atoms with Gasteiger partial charge in [-0.25, -0.2) is 9.59 Å². The van der Waals surface area contributed by atoms with Crippen LogP contribution in [0.25, 0.3) is 11.1 Å². The molecule has 0 aliphatic rings. The molecular weight excluding hydrogens is 877 g/mol. The number of methoxy groups -OCH3 is 2. The van der Waals surface area contributed by atoms with Crippen molar-refractivity contribution in [2.45, 2.75) is 54.1 Å². The summed E-state index contributed by atoms with van der Waals surface area (Å²) in [6, 6.07) is 46.5. The quantitative estimate of drug-likeness (QED) is 0.0314. The number of hydrogen-bond donors (Lipinski definition) is 0. The van der Waals surface area contributed by atoms with Crippen molar-refractivity contribution in [2.75, 3.05) is 50.4 Å². The lowest BCUT2D eigenvalue weighted by Gasteiger charge is -2.28. The summed E-state index contributed by atoms with van der Waals surface area (Å²) in [5, 5.41) is 0. The fourth-order valence-electron chi connectivity index (χ4n) is 7.67. The van der Waals surface area contributed by atoms with E-state index < -0.39 is 11.9 Å². The number of hydrogen-bond acceptors (Lipinski definition) is 10. The number of aryl methyl sites for hydroxylation is 2. The fraction of sp³-hybridized carbons (Fsp3) is 0.233. The largest absolute Gasteiger partial charge is 0.466 e. The Morgan fingerprint density at radius 2 is 0.686 bits per heavy atom. The predicted octanol–water partition coefficient (Wildman–Crippen LogP) is 13.6. The van der Waals surface area contributed by atoms with Crippen LogP contribution in [0.3, 0.4) is 0 Å². The maximum atomic E-state index is 11.8.